The molecule has 4 nitrogen and oxygen atoms in total. The first-order chi connectivity index (χ1) is 9.63. The predicted molar refractivity (Wildman–Crippen MR) is 80.2 cm³/mol. The van der Waals surface area contributed by atoms with E-state index in [1.807, 2.05) is 6.92 Å². The number of aryl methyl sites for hydroxylation is 2. The molecule has 1 aliphatic heterocycles. The van der Waals surface area contributed by atoms with E-state index in [-0.39, 0.29) is 5.41 Å². The summed E-state index contributed by atoms with van der Waals surface area (Å²) in [6.45, 7) is 7.70. The number of rotatable bonds is 6. The van der Waals surface area contributed by atoms with Crippen molar-refractivity contribution < 1.29 is 4.74 Å². The fraction of sp³-hybridized carbons (Fsp3) is 0.800. The Morgan fingerprint density at radius 3 is 2.90 bits per heavy atom. The van der Waals surface area contributed by atoms with Crippen LogP contribution in [0.15, 0.2) is 0 Å². The second-order valence-corrected chi connectivity index (χ2v) is 6.67. The molecule has 1 saturated heterocycles. The van der Waals surface area contributed by atoms with E-state index in [4.69, 9.17) is 16.3 Å². The van der Waals surface area contributed by atoms with Gasteiger partial charge in [0.2, 0.25) is 0 Å². The van der Waals surface area contributed by atoms with Crippen molar-refractivity contribution in [3.63, 3.8) is 0 Å². The zero-order valence-electron chi connectivity index (χ0n) is 12.4. The Labute approximate surface area is 125 Å². The van der Waals surface area contributed by atoms with Crippen molar-refractivity contribution in [3.8, 4) is 0 Å². The second-order valence-electron chi connectivity index (χ2n) is 6.30. The largest absolute Gasteiger partial charge is 0.381 e. The summed E-state index contributed by atoms with van der Waals surface area (Å²) in [4.78, 5) is 0. The molecule has 0 spiro atoms. The van der Waals surface area contributed by atoms with E-state index in [9.17, 15) is 0 Å². The van der Waals surface area contributed by atoms with Crippen molar-refractivity contribution in [1.29, 1.82) is 0 Å². The van der Waals surface area contributed by atoms with Crippen LogP contribution in [0.25, 0.3) is 0 Å². The van der Waals surface area contributed by atoms with Gasteiger partial charge < -0.3 is 10.1 Å². The lowest BCUT2D eigenvalue weighted by Crippen LogP contribution is -2.38. The summed E-state index contributed by atoms with van der Waals surface area (Å²) in [5.41, 5.74) is 2.30. The van der Waals surface area contributed by atoms with Gasteiger partial charge in [-0.05, 0) is 39.5 Å². The van der Waals surface area contributed by atoms with Crippen molar-refractivity contribution in [3.05, 3.63) is 16.4 Å². The van der Waals surface area contributed by atoms with E-state index >= 15 is 0 Å². The lowest BCUT2D eigenvalue weighted by molar-refractivity contribution is 0.147. The van der Waals surface area contributed by atoms with Crippen LogP contribution in [0.4, 0.5) is 0 Å². The fourth-order valence-corrected chi connectivity index (χ4v) is 3.23. The number of hydrogen-bond acceptors (Lipinski definition) is 3. The van der Waals surface area contributed by atoms with Gasteiger partial charge in [0.1, 0.15) is 0 Å². The van der Waals surface area contributed by atoms with Gasteiger partial charge in [-0.15, -0.1) is 0 Å². The van der Waals surface area contributed by atoms with Crippen molar-refractivity contribution in [2.75, 3.05) is 19.8 Å². The first kappa shape index (κ1) is 14.4. The van der Waals surface area contributed by atoms with Crippen LogP contribution in [-0.2, 0) is 17.7 Å². The maximum Gasteiger partial charge on any atom is 0.0847 e. The summed E-state index contributed by atoms with van der Waals surface area (Å²) in [6.07, 6.45) is 4.71. The zero-order valence-corrected chi connectivity index (χ0v) is 13.2. The van der Waals surface area contributed by atoms with Crippen molar-refractivity contribution in [2.24, 2.45) is 5.41 Å². The molecule has 0 radical (unpaired) electrons. The Morgan fingerprint density at radius 2 is 2.30 bits per heavy atom. The Kier molecular flexibility index (Phi) is 4.07. The van der Waals surface area contributed by atoms with Crippen LogP contribution in [-0.4, -0.2) is 35.6 Å². The minimum absolute atomic E-state index is 0.186. The highest BCUT2D eigenvalue weighted by atomic mass is 35.5. The highest BCUT2D eigenvalue weighted by Crippen LogP contribution is 2.36. The molecule has 1 aromatic rings. The summed E-state index contributed by atoms with van der Waals surface area (Å²) < 4.78 is 7.74. The van der Waals surface area contributed by atoms with Gasteiger partial charge in [-0.1, -0.05) is 11.6 Å². The summed E-state index contributed by atoms with van der Waals surface area (Å²) in [5, 5.41) is 9.04. The molecule has 1 N–H and O–H groups in total. The first-order valence-electron chi connectivity index (χ1n) is 7.66. The molecule has 1 unspecified atom stereocenters. The summed E-state index contributed by atoms with van der Waals surface area (Å²) in [5.74, 6) is 0. The average molecular weight is 298 g/mol. The molecule has 1 atom stereocenters. The molecule has 0 bridgehead atoms. The molecule has 0 amide bonds. The number of ether oxygens (including phenoxy) is 1. The number of hydrogen-bond donors (Lipinski definition) is 1. The molecule has 3 rings (SSSR count). The van der Waals surface area contributed by atoms with Crippen LogP contribution in [0, 0.1) is 12.3 Å². The third kappa shape index (κ3) is 2.87. The third-order valence-electron chi connectivity index (χ3n) is 4.52. The van der Waals surface area contributed by atoms with E-state index in [1.165, 1.54) is 18.5 Å². The quantitative estimate of drug-likeness (QED) is 0.877. The lowest BCUT2D eigenvalue weighted by Gasteiger charge is -2.28. The molecular formula is C15H24ClN3O. The SMILES string of the molecule is CCn1nc(C)c(Cl)c1CC1(CNC2CC2)CCOC1. The molecule has 2 fully saturated rings. The van der Waals surface area contributed by atoms with Gasteiger partial charge in [-0.2, -0.15) is 5.10 Å². The molecule has 1 aliphatic carbocycles. The standard InChI is InChI=1S/C15H24ClN3O/c1-3-19-13(14(16)11(2)18-19)8-15(6-7-20-10-15)9-17-12-4-5-12/h12,17H,3-10H2,1-2H3. The van der Waals surface area contributed by atoms with Crippen LogP contribution in [0.1, 0.15) is 37.6 Å². The first-order valence-corrected chi connectivity index (χ1v) is 8.04. The summed E-state index contributed by atoms with van der Waals surface area (Å²) in [6, 6.07) is 0.737. The maximum absolute atomic E-state index is 6.46. The number of nitrogens with zero attached hydrogens (tertiary/aromatic N) is 2. The third-order valence-corrected chi connectivity index (χ3v) is 5.01. The Hall–Kier alpha value is -0.580. The summed E-state index contributed by atoms with van der Waals surface area (Å²) >= 11 is 6.46. The number of halogens is 1. The minimum Gasteiger partial charge on any atom is -0.381 e. The van der Waals surface area contributed by atoms with Crippen LogP contribution in [0.2, 0.25) is 5.02 Å². The molecule has 1 aromatic heterocycles. The maximum atomic E-state index is 6.46. The molecule has 1 saturated carbocycles. The van der Waals surface area contributed by atoms with E-state index < -0.39 is 0 Å². The Morgan fingerprint density at radius 1 is 1.50 bits per heavy atom. The molecular weight excluding hydrogens is 274 g/mol. The van der Waals surface area contributed by atoms with Crippen molar-refractivity contribution in [1.82, 2.24) is 15.1 Å². The molecule has 0 aromatic carbocycles. The molecule has 20 heavy (non-hydrogen) atoms. The number of aromatic nitrogens is 2. The van der Waals surface area contributed by atoms with Gasteiger partial charge in [0.15, 0.2) is 0 Å². The lowest BCUT2D eigenvalue weighted by atomic mass is 9.82. The normalized spacial score (nSPS) is 26.4. The van der Waals surface area contributed by atoms with Gasteiger partial charge >= 0.3 is 0 Å². The molecule has 2 heterocycles. The highest BCUT2D eigenvalue weighted by molar-refractivity contribution is 6.31. The smallest absolute Gasteiger partial charge is 0.0847 e. The zero-order chi connectivity index (χ0) is 14.2. The van der Waals surface area contributed by atoms with Crippen LogP contribution in [0.3, 0.4) is 0 Å². The Balaban J connectivity index is 1.78. The van der Waals surface area contributed by atoms with Gasteiger partial charge in [0.05, 0.1) is 23.0 Å². The van der Waals surface area contributed by atoms with E-state index in [2.05, 4.69) is 22.0 Å². The van der Waals surface area contributed by atoms with Gasteiger partial charge in [-0.3, -0.25) is 4.68 Å². The molecule has 2 aliphatic rings. The van der Waals surface area contributed by atoms with Crippen LogP contribution < -0.4 is 5.32 Å². The van der Waals surface area contributed by atoms with Gasteiger partial charge in [-0.25, -0.2) is 0 Å². The van der Waals surface area contributed by atoms with Gasteiger partial charge in [0.25, 0.3) is 0 Å². The van der Waals surface area contributed by atoms with E-state index in [0.717, 1.165) is 55.9 Å². The monoisotopic (exact) mass is 297 g/mol. The Bertz CT molecular complexity index is 476. The topological polar surface area (TPSA) is 39.1 Å². The van der Waals surface area contributed by atoms with Gasteiger partial charge in [0, 0.05) is 31.2 Å². The predicted octanol–water partition coefficient (Wildman–Crippen LogP) is 2.57. The summed E-state index contributed by atoms with van der Waals surface area (Å²) in [7, 11) is 0. The highest BCUT2D eigenvalue weighted by Gasteiger charge is 2.38. The molecule has 112 valence electrons. The second kappa shape index (κ2) is 5.66. The minimum atomic E-state index is 0.186. The van der Waals surface area contributed by atoms with Crippen molar-refractivity contribution >= 4 is 11.6 Å². The van der Waals surface area contributed by atoms with Crippen LogP contribution >= 0.6 is 11.6 Å². The number of nitrogens with one attached hydrogen (secondary N) is 1. The fourth-order valence-electron chi connectivity index (χ4n) is 3.03. The van der Waals surface area contributed by atoms with E-state index in [0.29, 0.717) is 0 Å². The average Bonchev–Trinajstić information content (AvgIpc) is 3.11. The van der Waals surface area contributed by atoms with Crippen molar-refractivity contribution in [2.45, 2.75) is 52.1 Å². The van der Waals surface area contributed by atoms with E-state index in [1.54, 1.807) is 0 Å². The molecule has 5 heteroatoms. The van der Waals surface area contributed by atoms with Crippen LogP contribution in [0.5, 0.6) is 0 Å².